The van der Waals surface area contributed by atoms with Crippen LogP contribution in [0.5, 0.6) is 17.2 Å². The van der Waals surface area contributed by atoms with Crippen molar-refractivity contribution in [1.29, 1.82) is 0 Å². The van der Waals surface area contributed by atoms with Gasteiger partial charge >= 0.3 is 6.92 Å². The second-order valence-corrected chi connectivity index (χ2v) is 19.3. The summed E-state index contributed by atoms with van der Waals surface area (Å²) in [7, 11) is -2.78. The molecular formula is C54H36BNO2Si. The van der Waals surface area contributed by atoms with E-state index in [4.69, 9.17) is 9.39 Å². The van der Waals surface area contributed by atoms with Crippen LogP contribution >= 0.6 is 0 Å². The number of ether oxygens (including phenoxy) is 1. The first kappa shape index (κ1) is 33.8. The molecule has 0 amide bonds. The zero-order valence-corrected chi connectivity index (χ0v) is 33.1. The summed E-state index contributed by atoms with van der Waals surface area (Å²) in [5, 5.41) is 7.76. The molecule has 12 rings (SSSR count). The van der Waals surface area contributed by atoms with Crippen molar-refractivity contribution in [3.8, 4) is 45.2 Å². The summed E-state index contributed by atoms with van der Waals surface area (Å²) in [5.41, 5.74) is 10.1. The number of benzene rings is 9. The predicted molar refractivity (Wildman–Crippen MR) is 247 cm³/mol. The van der Waals surface area contributed by atoms with Crippen LogP contribution in [0, 0.1) is 0 Å². The number of rotatable bonds is 6. The third-order valence-electron chi connectivity index (χ3n) is 12.4. The van der Waals surface area contributed by atoms with Gasteiger partial charge in [0.05, 0.1) is 16.7 Å². The first-order chi connectivity index (χ1) is 29.3. The summed E-state index contributed by atoms with van der Waals surface area (Å²) in [5.74, 6) is 2.55. The van der Waals surface area contributed by atoms with Crippen LogP contribution in [0.15, 0.2) is 218 Å². The number of aromatic nitrogens is 1. The van der Waals surface area contributed by atoms with Crippen molar-refractivity contribution >= 4 is 68.5 Å². The highest BCUT2D eigenvalue weighted by molar-refractivity contribution is 7.20. The lowest BCUT2D eigenvalue weighted by Crippen LogP contribution is -2.74. The SMILES string of the molecule is c1ccc([Si](c2ccccc2)(c2ccccc2)c2ccc3c(c2)OB2c4cc(-c5ccccc5-n5c6ccccc6c6ccccc65)ccc4Oc4cccc-3c42)cc1. The second kappa shape index (κ2) is 13.4. The molecule has 0 atom stereocenters. The van der Waals surface area contributed by atoms with Crippen molar-refractivity contribution in [3.63, 3.8) is 0 Å². The van der Waals surface area contributed by atoms with E-state index in [9.17, 15) is 0 Å². The van der Waals surface area contributed by atoms with Gasteiger partial charge in [-0.3, -0.25) is 0 Å². The van der Waals surface area contributed by atoms with Crippen molar-refractivity contribution in [3.05, 3.63) is 218 Å². The van der Waals surface area contributed by atoms with Gasteiger partial charge < -0.3 is 14.0 Å². The minimum atomic E-state index is -2.78. The molecule has 2 aliphatic heterocycles. The normalized spacial score (nSPS) is 12.6. The number of para-hydroxylation sites is 3. The molecule has 0 bridgehead atoms. The molecule has 0 fully saturated rings. The smallest absolute Gasteiger partial charge is 0.434 e. The number of fused-ring (bicyclic) bond motifs is 7. The monoisotopic (exact) mass is 769 g/mol. The van der Waals surface area contributed by atoms with Gasteiger partial charge in [-0.1, -0.05) is 182 Å². The molecular weight excluding hydrogens is 733 g/mol. The molecule has 0 N–H and O–H groups in total. The summed E-state index contributed by atoms with van der Waals surface area (Å²) >= 11 is 0. The highest BCUT2D eigenvalue weighted by Gasteiger charge is 2.44. The van der Waals surface area contributed by atoms with Crippen LogP contribution in [-0.2, 0) is 0 Å². The van der Waals surface area contributed by atoms with Crippen LogP contribution in [0.2, 0.25) is 0 Å². The van der Waals surface area contributed by atoms with Crippen LogP contribution in [-0.4, -0.2) is 19.6 Å². The molecule has 59 heavy (non-hydrogen) atoms. The van der Waals surface area contributed by atoms with E-state index in [1.807, 2.05) is 0 Å². The van der Waals surface area contributed by atoms with E-state index in [-0.39, 0.29) is 6.92 Å². The molecule has 10 aromatic rings. The Balaban J connectivity index is 1.03. The fourth-order valence-electron chi connectivity index (χ4n) is 9.91. The van der Waals surface area contributed by atoms with Crippen LogP contribution in [0.1, 0.15) is 0 Å². The molecule has 5 heteroatoms. The third-order valence-corrected chi connectivity index (χ3v) is 17.2. The first-order valence-electron chi connectivity index (χ1n) is 20.3. The van der Waals surface area contributed by atoms with Gasteiger partial charge in [0, 0.05) is 32.8 Å². The minimum absolute atomic E-state index is 0.353. The Morgan fingerprint density at radius 2 is 0.966 bits per heavy atom. The molecule has 0 unspecified atom stereocenters. The highest BCUT2D eigenvalue weighted by atomic mass is 28.3. The molecule has 2 aliphatic rings. The van der Waals surface area contributed by atoms with Gasteiger partial charge in [0.25, 0.3) is 0 Å². The van der Waals surface area contributed by atoms with Crippen LogP contribution < -0.4 is 41.1 Å². The van der Waals surface area contributed by atoms with Crippen LogP contribution in [0.25, 0.3) is 49.7 Å². The summed E-state index contributed by atoms with van der Waals surface area (Å²) in [4.78, 5) is 0. The molecule has 0 radical (unpaired) electrons. The number of nitrogens with zero attached hydrogens (tertiary/aromatic N) is 1. The Hall–Kier alpha value is -7.34. The molecule has 0 saturated heterocycles. The van der Waals surface area contributed by atoms with E-state index in [1.54, 1.807) is 0 Å². The maximum atomic E-state index is 7.36. The van der Waals surface area contributed by atoms with Gasteiger partial charge in [-0.05, 0) is 68.3 Å². The third kappa shape index (κ3) is 5.08. The maximum Gasteiger partial charge on any atom is 0.434 e. The topological polar surface area (TPSA) is 23.4 Å². The molecule has 0 aliphatic carbocycles. The summed E-state index contributed by atoms with van der Waals surface area (Å²) < 4.78 is 16.5. The van der Waals surface area contributed by atoms with Gasteiger partial charge in [-0.25, -0.2) is 0 Å². The zero-order chi connectivity index (χ0) is 38.9. The lowest BCUT2D eigenvalue weighted by atomic mass is 9.50. The highest BCUT2D eigenvalue weighted by Crippen LogP contribution is 2.41. The average molecular weight is 770 g/mol. The van der Waals surface area contributed by atoms with Crippen molar-refractivity contribution in [2.75, 3.05) is 0 Å². The lowest BCUT2D eigenvalue weighted by Gasteiger charge is -2.37. The maximum absolute atomic E-state index is 7.36. The van der Waals surface area contributed by atoms with Gasteiger partial charge in [-0.15, -0.1) is 0 Å². The summed E-state index contributed by atoms with van der Waals surface area (Å²) in [6, 6.07) is 79.3. The standard InChI is InChI=1S/C54H36BNO2Si/c1-4-17-38(18-5-1)59(39-19-6-2-7-20-39,40-21-8-3-9-22-40)41-32-33-45-46-26-16-30-52-54(46)55(58-53(45)36-41)47-35-37(31-34-51(47)57-52)42-23-10-13-27-48(42)56-49-28-14-11-24-43(49)44-25-12-15-29-50(44)56/h1-36H. The van der Waals surface area contributed by atoms with Gasteiger partial charge in [-0.2, -0.15) is 0 Å². The van der Waals surface area contributed by atoms with E-state index < -0.39 is 8.07 Å². The van der Waals surface area contributed by atoms with E-state index in [0.29, 0.717) is 0 Å². The fraction of sp³-hybridized carbons (Fsp3) is 0. The Bertz CT molecular complexity index is 3090. The zero-order valence-electron chi connectivity index (χ0n) is 32.1. The Labute approximate surface area is 344 Å². The van der Waals surface area contributed by atoms with Crippen molar-refractivity contribution < 1.29 is 9.39 Å². The second-order valence-electron chi connectivity index (χ2n) is 15.5. The molecule has 1 aromatic heterocycles. The molecule has 0 spiro atoms. The Morgan fingerprint density at radius 3 is 1.63 bits per heavy atom. The van der Waals surface area contributed by atoms with Gasteiger partial charge in [0.2, 0.25) is 0 Å². The van der Waals surface area contributed by atoms with E-state index >= 15 is 0 Å². The van der Waals surface area contributed by atoms with E-state index in [2.05, 4.69) is 223 Å². The summed E-state index contributed by atoms with van der Waals surface area (Å²) in [6.07, 6.45) is 0. The lowest BCUT2D eigenvalue weighted by molar-refractivity contribution is 0.479. The van der Waals surface area contributed by atoms with Crippen molar-refractivity contribution in [2.24, 2.45) is 0 Å². The predicted octanol–water partition coefficient (Wildman–Crippen LogP) is 9.10. The van der Waals surface area contributed by atoms with Gasteiger partial charge in [0.1, 0.15) is 17.2 Å². The first-order valence-corrected chi connectivity index (χ1v) is 22.3. The molecule has 0 saturated carbocycles. The molecule has 3 heterocycles. The minimum Gasteiger partial charge on any atom is -0.551 e. The van der Waals surface area contributed by atoms with Crippen molar-refractivity contribution in [2.45, 2.75) is 0 Å². The fourth-order valence-corrected chi connectivity index (χ4v) is 14.7. The molecule has 276 valence electrons. The summed E-state index contributed by atoms with van der Waals surface area (Å²) in [6.45, 7) is -0.353. The Kier molecular flexibility index (Phi) is 7.65. The average Bonchev–Trinajstić information content (AvgIpc) is 3.64. The number of hydrogen-bond acceptors (Lipinski definition) is 2. The number of hydrogen-bond donors (Lipinski definition) is 0. The quantitative estimate of drug-likeness (QED) is 0.125. The molecule has 9 aromatic carbocycles. The van der Waals surface area contributed by atoms with Crippen LogP contribution in [0.4, 0.5) is 0 Å². The van der Waals surface area contributed by atoms with E-state index in [1.165, 1.54) is 42.6 Å². The van der Waals surface area contributed by atoms with Crippen molar-refractivity contribution in [1.82, 2.24) is 4.57 Å². The van der Waals surface area contributed by atoms with E-state index in [0.717, 1.165) is 56.1 Å². The largest absolute Gasteiger partial charge is 0.551 e. The Morgan fingerprint density at radius 1 is 0.390 bits per heavy atom. The molecule has 3 nitrogen and oxygen atoms in total. The van der Waals surface area contributed by atoms with Crippen LogP contribution in [0.3, 0.4) is 0 Å². The van der Waals surface area contributed by atoms with Gasteiger partial charge in [0.15, 0.2) is 8.07 Å².